The number of benzene rings is 1. The fraction of sp³-hybridized carbons (Fsp3) is 0.273. The van der Waals surface area contributed by atoms with Crippen LogP contribution < -0.4 is 0 Å². The lowest BCUT2D eigenvalue weighted by Crippen LogP contribution is -2.05. The first-order valence-electron chi connectivity index (χ1n) is 4.88. The van der Waals surface area contributed by atoms with Gasteiger partial charge in [0.25, 0.3) is 0 Å². The second-order valence-corrected chi connectivity index (χ2v) is 6.36. The van der Waals surface area contributed by atoms with E-state index < -0.39 is 9.84 Å². The van der Waals surface area contributed by atoms with E-state index in [1.54, 1.807) is 31.2 Å². The zero-order valence-electron chi connectivity index (χ0n) is 8.73. The van der Waals surface area contributed by atoms with Crippen molar-refractivity contribution in [2.75, 3.05) is 5.75 Å². The molecule has 1 aromatic carbocycles. The highest BCUT2D eigenvalue weighted by Crippen LogP contribution is 2.24. The smallest absolute Gasteiger partial charge is 0.157 e. The van der Waals surface area contributed by atoms with E-state index in [1.165, 1.54) is 0 Å². The van der Waals surface area contributed by atoms with Crippen LogP contribution in [0.1, 0.15) is 12.7 Å². The molecule has 0 saturated carbocycles. The zero-order chi connectivity index (χ0) is 11.8. The molecule has 16 heavy (non-hydrogen) atoms. The van der Waals surface area contributed by atoms with E-state index in [-0.39, 0.29) is 11.5 Å². The quantitative estimate of drug-likeness (QED) is 0.850. The molecule has 86 valence electrons. The predicted molar refractivity (Wildman–Crippen MR) is 64.4 cm³/mol. The third kappa shape index (κ3) is 2.39. The van der Waals surface area contributed by atoms with Gasteiger partial charge >= 0.3 is 0 Å². The van der Waals surface area contributed by atoms with Crippen molar-refractivity contribution in [1.29, 1.82) is 0 Å². The van der Waals surface area contributed by atoms with Crippen LogP contribution >= 0.6 is 11.6 Å². The van der Waals surface area contributed by atoms with Gasteiger partial charge in [0.1, 0.15) is 17.1 Å². The molecule has 0 spiro atoms. The molecule has 0 aliphatic heterocycles. The number of sulfone groups is 1. The molecule has 0 atom stereocenters. The fourth-order valence-corrected chi connectivity index (χ4v) is 2.42. The van der Waals surface area contributed by atoms with Gasteiger partial charge in [0.2, 0.25) is 0 Å². The van der Waals surface area contributed by atoms with Crippen LogP contribution in [0.3, 0.4) is 0 Å². The Labute approximate surface area is 98.9 Å². The van der Waals surface area contributed by atoms with Gasteiger partial charge in [-0.2, -0.15) is 0 Å². The molecule has 5 heteroatoms. The molecule has 0 amide bonds. The summed E-state index contributed by atoms with van der Waals surface area (Å²) in [6, 6.07) is 6.92. The van der Waals surface area contributed by atoms with Crippen LogP contribution in [-0.2, 0) is 15.6 Å². The normalized spacial score (nSPS) is 12.1. The van der Waals surface area contributed by atoms with Crippen LogP contribution in [0.5, 0.6) is 0 Å². The Morgan fingerprint density at radius 2 is 2.06 bits per heavy atom. The van der Waals surface area contributed by atoms with Crippen molar-refractivity contribution in [3.8, 4) is 0 Å². The summed E-state index contributed by atoms with van der Waals surface area (Å²) in [6.07, 6.45) is 0. The molecule has 1 aromatic heterocycles. The molecule has 0 N–H and O–H groups in total. The Morgan fingerprint density at radius 3 is 2.75 bits per heavy atom. The molecule has 0 saturated heterocycles. The van der Waals surface area contributed by atoms with E-state index in [4.69, 9.17) is 16.0 Å². The van der Waals surface area contributed by atoms with Crippen LogP contribution in [-0.4, -0.2) is 14.2 Å². The highest BCUT2D eigenvalue weighted by molar-refractivity contribution is 7.90. The molecule has 1 heterocycles. The topological polar surface area (TPSA) is 47.3 Å². The lowest BCUT2D eigenvalue weighted by atomic mass is 10.2. The lowest BCUT2D eigenvalue weighted by molar-refractivity contribution is 0.555. The molecular weight excluding hydrogens is 248 g/mol. The van der Waals surface area contributed by atoms with Crippen molar-refractivity contribution in [3.05, 3.63) is 35.0 Å². The summed E-state index contributed by atoms with van der Waals surface area (Å²) in [5.74, 6) is 0.514. The molecule has 0 aliphatic rings. The van der Waals surface area contributed by atoms with Gasteiger partial charge in [-0.1, -0.05) is 18.5 Å². The summed E-state index contributed by atoms with van der Waals surface area (Å²) in [4.78, 5) is 0. The molecule has 3 nitrogen and oxygen atoms in total. The standard InChI is InChI=1S/C11H11ClO3S/c1-2-16(13,14)7-10-6-8-5-9(12)3-4-11(8)15-10/h3-6H,2,7H2,1H3. The van der Waals surface area contributed by atoms with Crippen molar-refractivity contribution in [3.63, 3.8) is 0 Å². The number of furan rings is 1. The van der Waals surface area contributed by atoms with E-state index in [9.17, 15) is 8.42 Å². The highest BCUT2D eigenvalue weighted by Gasteiger charge is 2.13. The van der Waals surface area contributed by atoms with E-state index in [2.05, 4.69) is 0 Å². The number of fused-ring (bicyclic) bond motifs is 1. The van der Waals surface area contributed by atoms with Crippen molar-refractivity contribution in [2.45, 2.75) is 12.7 Å². The molecule has 0 fully saturated rings. The largest absolute Gasteiger partial charge is 0.460 e. The Hall–Kier alpha value is -1.00. The number of rotatable bonds is 3. The monoisotopic (exact) mass is 258 g/mol. The third-order valence-corrected chi connectivity index (χ3v) is 4.17. The minimum absolute atomic E-state index is 0.0597. The van der Waals surface area contributed by atoms with Gasteiger partial charge in [-0.15, -0.1) is 0 Å². The van der Waals surface area contributed by atoms with Crippen molar-refractivity contribution in [1.82, 2.24) is 0 Å². The summed E-state index contributed by atoms with van der Waals surface area (Å²) in [7, 11) is -3.06. The summed E-state index contributed by atoms with van der Waals surface area (Å²) in [6.45, 7) is 1.62. The maximum atomic E-state index is 11.4. The van der Waals surface area contributed by atoms with Crippen molar-refractivity contribution in [2.24, 2.45) is 0 Å². The average Bonchev–Trinajstić information content (AvgIpc) is 2.58. The van der Waals surface area contributed by atoms with Crippen LogP contribution in [0.15, 0.2) is 28.7 Å². The van der Waals surface area contributed by atoms with Gasteiger partial charge in [0, 0.05) is 16.2 Å². The summed E-state index contributed by atoms with van der Waals surface area (Å²) in [5.41, 5.74) is 0.658. The SMILES string of the molecule is CCS(=O)(=O)Cc1cc2cc(Cl)ccc2o1. The Balaban J connectivity index is 2.40. The minimum atomic E-state index is -3.06. The molecule has 0 radical (unpaired) electrons. The van der Waals surface area contributed by atoms with Crippen LogP contribution in [0.2, 0.25) is 5.02 Å². The van der Waals surface area contributed by atoms with Crippen LogP contribution in [0.25, 0.3) is 11.0 Å². The molecular formula is C11H11ClO3S. The van der Waals surface area contributed by atoms with Gasteiger partial charge in [-0.05, 0) is 24.3 Å². The molecule has 0 unspecified atom stereocenters. The summed E-state index contributed by atoms with van der Waals surface area (Å²) in [5, 5.41) is 1.44. The predicted octanol–water partition coefficient (Wildman–Crippen LogP) is 3.02. The van der Waals surface area contributed by atoms with Crippen LogP contribution in [0, 0.1) is 0 Å². The van der Waals surface area contributed by atoms with Crippen molar-refractivity contribution >= 4 is 32.4 Å². The Morgan fingerprint density at radius 1 is 1.31 bits per heavy atom. The molecule has 2 rings (SSSR count). The maximum absolute atomic E-state index is 11.4. The van der Waals surface area contributed by atoms with E-state index in [1.807, 2.05) is 0 Å². The van der Waals surface area contributed by atoms with E-state index in [0.717, 1.165) is 5.39 Å². The first-order chi connectivity index (χ1) is 7.50. The maximum Gasteiger partial charge on any atom is 0.157 e. The van der Waals surface area contributed by atoms with E-state index in [0.29, 0.717) is 16.4 Å². The number of hydrogen-bond acceptors (Lipinski definition) is 3. The summed E-state index contributed by atoms with van der Waals surface area (Å²) < 4.78 is 28.3. The Bertz CT molecular complexity index is 613. The van der Waals surface area contributed by atoms with Gasteiger partial charge in [-0.25, -0.2) is 8.42 Å². The van der Waals surface area contributed by atoms with Gasteiger partial charge < -0.3 is 4.42 Å². The average molecular weight is 259 g/mol. The molecule has 0 bridgehead atoms. The molecule has 2 aromatic rings. The zero-order valence-corrected chi connectivity index (χ0v) is 10.3. The Kier molecular flexibility index (Phi) is 2.95. The lowest BCUT2D eigenvalue weighted by Gasteiger charge is -1.95. The van der Waals surface area contributed by atoms with E-state index >= 15 is 0 Å². The minimum Gasteiger partial charge on any atom is -0.460 e. The second kappa shape index (κ2) is 4.11. The van der Waals surface area contributed by atoms with Gasteiger partial charge in [0.15, 0.2) is 9.84 Å². The number of halogens is 1. The van der Waals surface area contributed by atoms with Crippen LogP contribution in [0.4, 0.5) is 0 Å². The highest BCUT2D eigenvalue weighted by atomic mass is 35.5. The van der Waals surface area contributed by atoms with Gasteiger partial charge in [0.05, 0.1) is 0 Å². The molecule has 0 aliphatic carbocycles. The second-order valence-electron chi connectivity index (χ2n) is 3.57. The number of hydrogen-bond donors (Lipinski definition) is 0. The first-order valence-corrected chi connectivity index (χ1v) is 7.08. The first kappa shape index (κ1) is 11.5. The summed E-state index contributed by atoms with van der Waals surface area (Å²) >= 11 is 5.83. The fourth-order valence-electron chi connectivity index (χ4n) is 1.46. The third-order valence-electron chi connectivity index (χ3n) is 2.33. The van der Waals surface area contributed by atoms with Gasteiger partial charge in [-0.3, -0.25) is 0 Å². The van der Waals surface area contributed by atoms with Crippen molar-refractivity contribution < 1.29 is 12.8 Å².